The summed E-state index contributed by atoms with van der Waals surface area (Å²) in [5.41, 5.74) is 7.82. The van der Waals surface area contributed by atoms with Gasteiger partial charge in [-0.15, -0.1) is 0 Å². The summed E-state index contributed by atoms with van der Waals surface area (Å²) in [6.07, 6.45) is 0. The molecule has 1 aromatic heterocycles. The topological polar surface area (TPSA) is 102 Å². The van der Waals surface area contributed by atoms with Crippen LogP contribution in [-0.4, -0.2) is 71.5 Å². The lowest BCUT2D eigenvalue weighted by molar-refractivity contribution is -0.155. The minimum atomic E-state index is -0.905. The maximum atomic E-state index is 12.9. The molecule has 160 valence electrons. The van der Waals surface area contributed by atoms with Crippen molar-refractivity contribution in [2.75, 3.05) is 39.4 Å². The van der Waals surface area contributed by atoms with E-state index in [4.69, 9.17) is 26.5 Å². The number of benzene rings is 2. The van der Waals surface area contributed by atoms with Gasteiger partial charge in [0.1, 0.15) is 11.1 Å². The highest BCUT2D eigenvalue weighted by Gasteiger charge is 2.45. The summed E-state index contributed by atoms with van der Waals surface area (Å²) in [5, 5.41) is 0.584. The number of fused-ring (bicyclic) bond motifs is 1. The minimum Gasteiger partial charge on any atom is -0.436 e. The molecule has 3 heterocycles. The third kappa shape index (κ3) is 3.67. The quantitative estimate of drug-likeness (QED) is 0.669. The Hall–Kier alpha value is -2.94. The Bertz CT molecular complexity index is 1150. The number of amides is 2. The van der Waals surface area contributed by atoms with Gasteiger partial charge >= 0.3 is 0 Å². The number of nitrogens with two attached hydrogens (primary N) is 1. The average molecular weight is 441 g/mol. The third-order valence-electron chi connectivity index (χ3n) is 5.73. The fourth-order valence-corrected chi connectivity index (χ4v) is 3.99. The van der Waals surface area contributed by atoms with Crippen molar-refractivity contribution in [1.29, 1.82) is 0 Å². The molecule has 2 aliphatic rings. The highest BCUT2D eigenvalue weighted by Crippen LogP contribution is 2.27. The van der Waals surface area contributed by atoms with Gasteiger partial charge in [-0.25, -0.2) is 4.98 Å². The van der Waals surface area contributed by atoms with Crippen LogP contribution in [0.1, 0.15) is 10.4 Å². The van der Waals surface area contributed by atoms with E-state index >= 15 is 0 Å². The third-order valence-corrected chi connectivity index (χ3v) is 5.96. The van der Waals surface area contributed by atoms with Crippen LogP contribution in [0.15, 0.2) is 46.9 Å². The molecule has 0 aliphatic carbocycles. The molecule has 0 atom stereocenters. The molecule has 0 unspecified atom stereocenters. The molecule has 2 amide bonds. The molecular formula is C22H21ClN4O4. The number of aromatic nitrogens is 1. The molecule has 0 bridgehead atoms. The number of ether oxygens (including phenoxy) is 1. The zero-order valence-corrected chi connectivity index (χ0v) is 17.5. The number of hydrogen-bond acceptors (Lipinski definition) is 6. The normalized spacial score (nSPS) is 18.1. The molecule has 0 saturated carbocycles. The van der Waals surface area contributed by atoms with Crippen LogP contribution in [0.3, 0.4) is 0 Å². The number of piperazine rings is 1. The summed E-state index contributed by atoms with van der Waals surface area (Å²) >= 11 is 6.00. The van der Waals surface area contributed by atoms with Gasteiger partial charge in [-0.1, -0.05) is 11.6 Å². The van der Waals surface area contributed by atoms with Gasteiger partial charge in [0.25, 0.3) is 5.91 Å². The first-order chi connectivity index (χ1) is 14.9. The highest BCUT2D eigenvalue weighted by molar-refractivity contribution is 6.31. The molecule has 2 aliphatic heterocycles. The number of oxazole rings is 1. The van der Waals surface area contributed by atoms with E-state index in [2.05, 4.69) is 4.98 Å². The second kappa shape index (κ2) is 7.64. The van der Waals surface area contributed by atoms with E-state index in [0.29, 0.717) is 48.2 Å². The Balaban J connectivity index is 1.24. The van der Waals surface area contributed by atoms with E-state index in [1.807, 2.05) is 12.1 Å². The SMILES string of the molecule is NC1(C(=O)N2CCN(C(=O)c3ccc(-c4nc5ccc(Cl)cc5o4)cc3)CC2)COC1. The molecule has 2 saturated heterocycles. The van der Waals surface area contributed by atoms with Crippen molar-refractivity contribution in [1.82, 2.24) is 14.8 Å². The zero-order valence-electron chi connectivity index (χ0n) is 16.7. The summed E-state index contributed by atoms with van der Waals surface area (Å²) in [6, 6.07) is 12.4. The summed E-state index contributed by atoms with van der Waals surface area (Å²) in [4.78, 5) is 33.3. The Morgan fingerprint density at radius 3 is 2.32 bits per heavy atom. The summed E-state index contributed by atoms with van der Waals surface area (Å²) in [7, 11) is 0. The van der Waals surface area contributed by atoms with Crippen molar-refractivity contribution >= 4 is 34.5 Å². The lowest BCUT2D eigenvalue weighted by Gasteiger charge is -2.43. The molecule has 2 N–H and O–H groups in total. The predicted molar refractivity (Wildman–Crippen MR) is 115 cm³/mol. The fraction of sp³-hybridized carbons (Fsp3) is 0.318. The zero-order chi connectivity index (χ0) is 21.6. The Kier molecular flexibility index (Phi) is 4.92. The van der Waals surface area contributed by atoms with Crippen molar-refractivity contribution in [2.24, 2.45) is 5.73 Å². The molecule has 3 aromatic rings. The smallest absolute Gasteiger partial charge is 0.253 e. The maximum Gasteiger partial charge on any atom is 0.253 e. The first-order valence-electron chi connectivity index (χ1n) is 10.0. The van der Waals surface area contributed by atoms with Gasteiger partial charge in [-0.05, 0) is 36.4 Å². The lowest BCUT2D eigenvalue weighted by atomic mass is 9.96. The molecule has 0 radical (unpaired) electrons. The van der Waals surface area contributed by atoms with Gasteiger partial charge in [0, 0.05) is 48.4 Å². The summed E-state index contributed by atoms with van der Waals surface area (Å²) in [5.74, 6) is 0.298. The molecule has 5 rings (SSSR count). The van der Waals surface area contributed by atoms with E-state index in [0.717, 1.165) is 11.1 Å². The molecular weight excluding hydrogens is 420 g/mol. The highest BCUT2D eigenvalue weighted by atomic mass is 35.5. The van der Waals surface area contributed by atoms with Crippen molar-refractivity contribution in [3.8, 4) is 11.5 Å². The van der Waals surface area contributed by atoms with Gasteiger partial charge in [-0.3, -0.25) is 9.59 Å². The van der Waals surface area contributed by atoms with Crippen molar-refractivity contribution in [2.45, 2.75) is 5.54 Å². The maximum absolute atomic E-state index is 12.9. The van der Waals surface area contributed by atoms with Crippen LogP contribution in [0.25, 0.3) is 22.6 Å². The van der Waals surface area contributed by atoms with Crippen LogP contribution in [-0.2, 0) is 9.53 Å². The van der Waals surface area contributed by atoms with E-state index in [9.17, 15) is 9.59 Å². The van der Waals surface area contributed by atoms with Crippen molar-refractivity contribution in [3.63, 3.8) is 0 Å². The molecule has 9 heteroatoms. The Morgan fingerprint density at radius 1 is 1.00 bits per heavy atom. The molecule has 2 fully saturated rings. The van der Waals surface area contributed by atoms with Gasteiger partial charge in [-0.2, -0.15) is 0 Å². The van der Waals surface area contributed by atoms with Crippen LogP contribution in [0, 0.1) is 0 Å². The monoisotopic (exact) mass is 440 g/mol. The van der Waals surface area contributed by atoms with Crippen LogP contribution < -0.4 is 5.73 Å². The molecule has 2 aromatic carbocycles. The van der Waals surface area contributed by atoms with Gasteiger partial charge in [0.05, 0.1) is 13.2 Å². The number of carbonyl (C=O) groups excluding carboxylic acids is 2. The fourth-order valence-electron chi connectivity index (χ4n) is 3.83. The van der Waals surface area contributed by atoms with Crippen LogP contribution in [0.4, 0.5) is 0 Å². The average Bonchev–Trinajstić information content (AvgIpc) is 3.20. The minimum absolute atomic E-state index is 0.0718. The van der Waals surface area contributed by atoms with Crippen LogP contribution in [0.5, 0.6) is 0 Å². The predicted octanol–water partition coefficient (Wildman–Crippen LogP) is 2.16. The second-order valence-electron chi connectivity index (χ2n) is 7.94. The Labute approximate surface area is 183 Å². The summed E-state index contributed by atoms with van der Waals surface area (Å²) in [6.45, 7) is 2.37. The largest absolute Gasteiger partial charge is 0.436 e. The molecule has 31 heavy (non-hydrogen) atoms. The standard InChI is InChI=1S/C22H21ClN4O4/c23-16-5-6-17-18(11-16)31-19(25-17)14-1-3-15(4-2-14)20(28)26-7-9-27(10-8-26)21(29)22(24)12-30-13-22/h1-6,11H,7-10,12-13,24H2. The number of nitrogens with zero attached hydrogens (tertiary/aromatic N) is 3. The van der Waals surface area contributed by atoms with Gasteiger partial charge in [0.2, 0.25) is 11.8 Å². The number of rotatable bonds is 3. The first kappa shape index (κ1) is 20.0. The molecule has 8 nitrogen and oxygen atoms in total. The number of carbonyl (C=O) groups is 2. The van der Waals surface area contributed by atoms with E-state index in [1.165, 1.54) is 0 Å². The van der Waals surface area contributed by atoms with E-state index in [-0.39, 0.29) is 25.0 Å². The number of hydrogen-bond donors (Lipinski definition) is 1. The van der Waals surface area contributed by atoms with E-state index < -0.39 is 5.54 Å². The molecule has 0 spiro atoms. The van der Waals surface area contributed by atoms with Crippen molar-refractivity contribution in [3.05, 3.63) is 53.1 Å². The lowest BCUT2D eigenvalue weighted by Crippen LogP contribution is -2.68. The van der Waals surface area contributed by atoms with Gasteiger partial charge in [0.15, 0.2) is 5.58 Å². The Morgan fingerprint density at radius 2 is 1.68 bits per heavy atom. The number of halogens is 1. The first-order valence-corrected chi connectivity index (χ1v) is 10.4. The van der Waals surface area contributed by atoms with Crippen LogP contribution >= 0.6 is 11.6 Å². The van der Waals surface area contributed by atoms with E-state index in [1.54, 1.807) is 40.1 Å². The van der Waals surface area contributed by atoms with Crippen LogP contribution in [0.2, 0.25) is 5.02 Å². The van der Waals surface area contributed by atoms with Gasteiger partial charge < -0.3 is 24.7 Å². The summed E-state index contributed by atoms with van der Waals surface area (Å²) < 4.78 is 10.9. The second-order valence-corrected chi connectivity index (χ2v) is 8.38. The van der Waals surface area contributed by atoms with Crippen molar-refractivity contribution < 1.29 is 18.7 Å².